The number of rotatable bonds is 5. The molecule has 0 N–H and O–H groups in total. The van der Waals surface area contributed by atoms with Crippen molar-refractivity contribution in [2.75, 3.05) is 6.54 Å². The Hall–Kier alpha value is -0.100. The molecule has 1 saturated carbocycles. The molecule has 0 unspecified atom stereocenters. The Labute approximate surface area is 124 Å². The van der Waals surface area contributed by atoms with Gasteiger partial charge in [0.2, 0.25) is 10.0 Å². The Bertz CT molecular complexity index is 506. The van der Waals surface area contributed by atoms with E-state index in [1.54, 1.807) is 15.8 Å². The zero-order chi connectivity index (χ0) is 13.9. The second kappa shape index (κ2) is 6.57. The van der Waals surface area contributed by atoms with Crippen LogP contribution in [0.15, 0.2) is 16.3 Å². The first kappa shape index (κ1) is 15.3. The van der Waals surface area contributed by atoms with E-state index < -0.39 is 10.0 Å². The Morgan fingerprint density at radius 3 is 2.63 bits per heavy atom. The van der Waals surface area contributed by atoms with Crippen LogP contribution in [0.4, 0.5) is 0 Å². The Morgan fingerprint density at radius 1 is 1.37 bits per heavy atom. The first-order valence-corrected chi connectivity index (χ1v) is 9.60. The Morgan fingerprint density at radius 2 is 2.05 bits per heavy atom. The molecular formula is C13H20ClNO2S2. The summed E-state index contributed by atoms with van der Waals surface area (Å²) in [7, 11) is -3.39. The lowest BCUT2D eigenvalue weighted by molar-refractivity contribution is 0.261. The van der Waals surface area contributed by atoms with E-state index in [4.69, 9.17) is 11.6 Å². The van der Waals surface area contributed by atoms with Gasteiger partial charge in [-0.1, -0.05) is 26.2 Å². The van der Waals surface area contributed by atoms with Gasteiger partial charge < -0.3 is 0 Å². The van der Waals surface area contributed by atoms with Crippen LogP contribution in [-0.2, 0) is 15.9 Å². The van der Waals surface area contributed by atoms with Crippen LogP contribution in [-0.4, -0.2) is 25.3 Å². The van der Waals surface area contributed by atoms with Crippen LogP contribution in [0.3, 0.4) is 0 Å². The summed E-state index contributed by atoms with van der Waals surface area (Å²) in [4.78, 5) is 1.15. The largest absolute Gasteiger partial charge is 0.244 e. The van der Waals surface area contributed by atoms with Crippen LogP contribution in [0.2, 0.25) is 0 Å². The zero-order valence-electron chi connectivity index (χ0n) is 11.1. The van der Waals surface area contributed by atoms with E-state index in [0.717, 1.165) is 30.6 Å². The molecule has 1 aliphatic rings. The number of sulfonamides is 1. The average Bonchev–Trinajstić information content (AvgIpc) is 2.89. The molecule has 0 saturated heterocycles. The van der Waals surface area contributed by atoms with Crippen molar-refractivity contribution in [1.29, 1.82) is 0 Å². The molecule has 0 spiro atoms. The third-order valence-corrected chi connectivity index (χ3v) is 7.29. The highest BCUT2D eigenvalue weighted by Crippen LogP contribution is 2.31. The van der Waals surface area contributed by atoms with Gasteiger partial charge in [0.25, 0.3) is 0 Å². The van der Waals surface area contributed by atoms with E-state index in [1.807, 2.05) is 6.92 Å². The first-order chi connectivity index (χ1) is 9.11. The van der Waals surface area contributed by atoms with Gasteiger partial charge in [-0.25, -0.2) is 8.42 Å². The maximum absolute atomic E-state index is 12.8. The van der Waals surface area contributed by atoms with E-state index >= 15 is 0 Å². The van der Waals surface area contributed by atoms with Gasteiger partial charge in [0.1, 0.15) is 0 Å². The molecule has 0 atom stereocenters. The molecule has 1 fully saturated rings. The summed E-state index contributed by atoms with van der Waals surface area (Å²) >= 11 is 7.25. The fourth-order valence-electron chi connectivity index (χ4n) is 2.78. The van der Waals surface area contributed by atoms with Crippen LogP contribution in [0.1, 0.15) is 43.9 Å². The molecule has 0 radical (unpaired) electrons. The first-order valence-electron chi connectivity index (χ1n) is 6.75. The number of nitrogens with zero attached hydrogens (tertiary/aromatic N) is 1. The lowest BCUT2D eigenvalue weighted by atomic mass is 9.95. The molecule has 6 heteroatoms. The lowest BCUT2D eigenvalue weighted by Crippen LogP contribution is -2.41. The standard InChI is InChI=1S/C13H20ClNO2S2/c1-2-15(11-6-4-3-5-7-11)19(16,17)13-8-9-18-12(13)10-14/h8-9,11H,2-7,10H2,1H3. The normalized spacial score (nSPS) is 18.1. The van der Waals surface area contributed by atoms with Gasteiger partial charge in [-0.2, -0.15) is 4.31 Å². The van der Waals surface area contributed by atoms with Crippen molar-refractivity contribution in [3.63, 3.8) is 0 Å². The molecule has 1 heterocycles. The molecule has 3 nitrogen and oxygen atoms in total. The minimum atomic E-state index is -3.39. The van der Waals surface area contributed by atoms with E-state index in [9.17, 15) is 8.42 Å². The monoisotopic (exact) mass is 321 g/mol. The number of thiophene rings is 1. The molecule has 1 aliphatic carbocycles. The minimum absolute atomic E-state index is 0.159. The highest BCUT2D eigenvalue weighted by Gasteiger charge is 2.32. The van der Waals surface area contributed by atoms with E-state index in [1.165, 1.54) is 17.8 Å². The van der Waals surface area contributed by atoms with Gasteiger partial charge in [-0.3, -0.25) is 0 Å². The van der Waals surface area contributed by atoms with Crippen LogP contribution in [0.25, 0.3) is 0 Å². The highest BCUT2D eigenvalue weighted by molar-refractivity contribution is 7.89. The predicted molar refractivity (Wildman–Crippen MR) is 80.3 cm³/mol. The molecule has 0 aliphatic heterocycles. The molecule has 0 bridgehead atoms. The molecule has 0 amide bonds. The third-order valence-electron chi connectivity index (χ3n) is 3.71. The summed E-state index contributed by atoms with van der Waals surface area (Å²) in [5.74, 6) is 0.258. The quantitative estimate of drug-likeness (QED) is 0.773. The van der Waals surface area contributed by atoms with Crippen molar-refractivity contribution in [2.45, 2.75) is 55.8 Å². The molecule has 1 aromatic heterocycles. The van der Waals surface area contributed by atoms with Crippen molar-refractivity contribution < 1.29 is 8.42 Å². The second-order valence-electron chi connectivity index (χ2n) is 4.84. The smallest absolute Gasteiger partial charge is 0.207 e. The molecule has 1 aromatic rings. The lowest BCUT2D eigenvalue weighted by Gasteiger charge is -2.32. The van der Waals surface area contributed by atoms with Gasteiger partial charge in [-0.05, 0) is 24.3 Å². The second-order valence-corrected chi connectivity index (χ2v) is 7.97. The van der Waals surface area contributed by atoms with Crippen LogP contribution < -0.4 is 0 Å². The molecule has 19 heavy (non-hydrogen) atoms. The summed E-state index contributed by atoms with van der Waals surface area (Å²) in [6, 6.07) is 1.84. The molecule has 0 aromatic carbocycles. The summed E-state index contributed by atoms with van der Waals surface area (Å²) in [5.41, 5.74) is 0. The number of halogens is 1. The van der Waals surface area contributed by atoms with Crippen LogP contribution in [0, 0.1) is 0 Å². The minimum Gasteiger partial charge on any atom is -0.207 e. The molecule has 2 rings (SSSR count). The topological polar surface area (TPSA) is 37.4 Å². The average molecular weight is 322 g/mol. The van der Waals surface area contributed by atoms with Crippen molar-refractivity contribution in [3.05, 3.63) is 16.3 Å². The summed E-state index contributed by atoms with van der Waals surface area (Å²) in [6.45, 7) is 2.45. The maximum atomic E-state index is 12.8. The van der Waals surface area contributed by atoms with Crippen LogP contribution >= 0.6 is 22.9 Å². The fraction of sp³-hybridized carbons (Fsp3) is 0.692. The summed E-state index contributed by atoms with van der Waals surface area (Å²) < 4.78 is 27.2. The summed E-state index contributed by atoms with van der Waals surface area (Å²) in [6.07, 6.45) is 5.44. The fourth-order valence-corrected chi connectivity index (χ4v) is 6.15. The number of alkyl halides is 1. The number of hydrogen-bond donors (Lipinski definition) is 0. The van der Waals surface area contributed by atoms with Gasteiger partial charge in [0, 0.05) is 17.5 Å². The third kappa shape index (κ3) is 3.15. The van der Waals surface area contributed by atoms with Gasteiger partial charge in [0.15, 0.2) is 0 Å². The maximum Gasteiger partial charge on any atom is 0.244 e. The van der Waals surface area contributed by atoms with Gasteiger partial charge in [0.05, 0.1) is 10.8 Å². The van der Waals surface area contributed by atoms with Crippen molar-refractivity contribution >= 4 is 33.0 Å². The Kier molecular flexibility index (Phi) is 5.29. The predicted octanol–water partition coefficient (Wildman–Crippen LogP) is 3.83. The molecule has 108 valence electrons. The highest BCUT2D eigenvalue weighted by atomic mass is 35.5. The van der Waals surface area contributed by atoms with E-state index in [-0.39, 0.29) is 11.9 Å². The van der Waals surface area contributed by atoms with Gasteiger partial charge >= 0.3 is 0 Å². The van der Waals surface area contributed by atoms with Crippen molar-refractivity contribution in [1.82, 2.24) is 4.31 Å². The SMILES string of the molecule is CCN(C1CCCCC1)S(=O)(=O)c1ccsc1CCl. The summed E-state index contributed by atoms with van der Waals surface area (Å²) in [5, 5.41) is 1.80. The number of hydrogen-bond acceptors (Lipinski definition) is 3. The molecular weight excluding hydrogens is 302 g/mol. The zero-order valence-corrected chi connectivity index (χ0v) is 13.5. The van der Waals surface area contributed by atoms with Crippen molar-refractivity contribution in [3.8, 4) is 0 Å². The Balaban J connectivity index is 2.30. The van der Waals surface area contributed by atoms with Gasteiger partial charge in [-0.15, -0.1) is 22.9 Å². The van der Waals surface area contributed by atoms with E-state index in [0.29, 0.717) is 11.4 Å². The van der Waals surface area contributed by atoms with E-state index in [2.05, 4.69) is 0 Å². The van der Waals surface area contributed by atoms with Crippen LogP contribution in [0.5, 0.6) is 0 Å². The van der Waals surface area contributed by atoms with Crippen molar-refractivity contribution in [2.24, 2.45) is 0 Å².